The largest absolute Gasteiger partial charge is 0.345 e. The SMILES string of the molecule is CN(CC1CCCC1)C(=O)C1CCCC(N)C1. The molecule has 2 atom stereocenters. The molecule has 0 saturated heterocycles. The van der Waals surface area contributed by atoms with Gasteiger partial charge in [0.15, 0.2) is 0 Å². The third kappa shape index (κ3) is 3.44. The van der Waals surface area contributed by atoms with Crippen LogP contribution < -0.4 is 5.73 Å². The molecule has 0 aromatic carbocycles. The number of hydrogen-bond donors (Lipinski definition) is 1. The molecule has 98 valence electrons. The van der Waals surface area contributed by atoms with Crippen LogP contribution in [0.5, 0.6) is 0 Å². The van der Waals surface area contributed by atoms with Gasteiger partial charge in [-0.25, -0.2) is 0 Å². The predicted octanol–water partition coefficient (Wildman–Crippen LogP) is 2.15. The smallest absolute Gasteiger partial charge is 0.225 e. The molecule has 2 fully saturated rings. The fourth-order valence-corrected chi connectivity index (χ4v) is 3.43. The minimum Gasteiger partial charge on any atom is -0.345 e. The Hall–Kier alpha value is -0.570. The highest BCUT2D eigenvalue weighted by Crippen LogP contribution is 2.28. The number of hydrogen-bond acceptors (Lipinski definition) is 2. The summed E-state index contributed by atoms with van der Waals surface area (Å²) in [6.07, 6.45) is 9.46. The Bertz CT molecular complexity index is 261. The van der Waals surface area contributed by atoms with Gasteiger partial charge in [-0.05, 0) is 38.0 Å². The first-order valence-corrected chi connectivity index (χ1v) is 7.17. The fraction of sp³-hybridized carbons (Fsp3) is 0.929. The van der Waals surface area contributed by atoms with E-state index in [2.05, 4.69) is 0 Å². The van der Waals surface area contributed by atoms with Crippen LogP contribution in [0.3, 0.4) is 0 Å². The van der Waals surface area contributed by atoms with Crippen LogP contribution in [0.1, 0.15) is 51.4 Å². The summed E-state index contributed by atoms with van der Waals surface area (Å²) in [5.41, 5.74) is 5.96. The molecule has 0 aromatic rings. The number of carbonyl (C=O) groups is 1. The summed E-state index contributed by atoms with van der Waals surface area (Å²) >= 11 is 0. The second-order valence-corrected chi connectivity index (χ2v) is 5.99. The molecule has 17 heavy (non-hydrogen) atoms. The van der Waals surface area contributed by atoms with Gasteiger partial charge < -0.3 is 10.6 Å². The van der Waals surface area contributed by atoms with Crippen LogP contribution in [0.25, 0.3) is 0 Å². The maximum Gasteiger partial charge on any atom is 0.225 e. The van der Waals surface area contributed by atoms with Crippen molar-refractivity contribution in [1.82, 2.24) is 4.90 Å². The lowest BCUT2D eigenvalue weighted by atomic mass is 9.85. The molecule has 0 aliphatic heterocycles. The molecular formula is C14H26N2O. The highest BCUT2D eigenvalue weighted by atomic mass is 16.2. The minimum atomic E-state index is 0.199. The van der Waals surface area contributed by atoms with E-state index in [-0.39, 0.29) is 12.0 Å². The van der Waals surface area contributed by atoms with Gasteiger partial charge in [-0.1, -0.05) is 19.3 Å². The van der Waals surface area contributed by atoms with Gasteiger partial charge in [-0.2, -0.15) is 0 Å². The van der Waals surface area contributed by atoms with E-state index in [1.807, 2.05) is 11.9 Å². The van der Waals surface area contributed by atoms with E-state index in [4.69, 9.17) is 5.73 Å². The molecule has 0 spiro atoms. The molecule has 3 heteroatoms. The number of amides is 1. The Balaban J connectivity index is 1.81. The monoisotopic (exact) mass is 238 g/mol. The number of rotatable bonds is 3. The van der Waals surface area contributed by atoms with Gasteiger partial charge in [0.2, 0.25) is 5.91 Å². The predicted molar refractivity (Wildman–Crippen MR) is 69.5 cm³/mol. The van der Waals surface area contributed by atoms with Crippen molar-refractivity contribution in [2.75, 3.05) is 13.6 Å². The summed E-state index contributed by atoms with van der Waals surface area (Å²) in [5.74, 6) is 1.29. The molecule has 2 unspecified atom stereocenters. The molecule has 2 aliphatic rings. The maximum absolute atomic E-state index is 12.3. The zero-order valence-corrected chi connectivity index (χ0v) is 11.0. The third-order valence-corrected chi connectivity index (χ3v) is 4.45. The van der Waals surface area contributed by atoms with Gasteiger partial charge in [0, 0.05) is 25.6 Å². The zero-order chi connectivity index (χ0) is 12.3. The van der Waals surface area contributed by atoms with Crippen LogP contribution in [0.4, 0.5) is 0 Å². The van der Waals surface area contributed by atoms with Crippen molar-refractivity contribution < 1.29 is 4.79 Å². The van der Waals surface area contributed by atoms with Crippen molar-refractivity contribution in [3.05, 3.63) is 0 Å². The normalized spacial score (nSPS) is 30.5. The lowest BCUT2D eigenvalue weighted by Crippen LogP contribution is -2.40. The summed E-state index contributed by atoms with van der Waals surface area (Å²) < 4.78 is 0. The zero-order valence-electron chi connectivity index (χ0n) is 11.0. The molecular weight excluding hydrogens is 212 g/mol. The Labute approximate surface area is 105 Å². The Morgan fingerprint density at radius 3 is 2.53 bits per heavy atom. The van der Waals surface area contributed by atoms with E-state index in [1.165, 1.54) is 25.7 Å². The van der Waals surface area contributed by atoms with E-state index in [0.29, 0.717) is 5.91 Å². The van der Waals surface area contributed by atoms with Crippen LogP contribution >= 0.6 is 0 Å². The Morgan fingerprint density at radius 1 is 1.18 bits per heavy atom. The molecule has 0 aromatic heterocycles. The van der Waals surface area contributed by atoms with Gasteiger partial charge >= 0.3 is 0 Å². The second-order valence-electron chi connectivity index (χ2n) is 5.99. The minimum absolute atomic E-state index is 0.199. The summed E-state index contributed by atoms with van der Waals surface area (Å²) in [4.78, 5) is 14.3. The Kier molecular flexibility index (Phi) is 4.43. The molecule has 3 nitrogen and oxygen atoms in total. The summed E-state index contributed by atoms with van der Waals surface area (Å²) in [6.45, 7) is 0.963. The maximum atomic E-state index is 12.3. The van der Waals surface area contributed by atoms with Crippen LogP contribution in [0, 0.1) is 11.8 Å². The van der Waals surface area contributed by atoms with Gasteiger partial charge in [0.25, 0.3) is 0 Å². The topological polar surface area (TPSA) is 46.3 Å². The van der Waals surface area contributed by atoms with Crippen molar-refractivity contribution in [3.63, 3.8) is 0 Å². The van der Waals surface area contributed by atoms with Crippen LogP contribution in [0.15, 0.2) is 0 Å². The second kappa shape index (κ2) is 5.85. The van der Waals surface area contributed by atoms with Crippen molar-refractivity contribution in [2.24, 2.45) is 17.6 Å². The van der Waals surface area contributed by atoms with E-state index >= 15 is 0 Å². The first-order chi connectivity index (χ1) is 8.16. The molecule has 0 radical (unpaired) electrons. The molecule has 2 N–H and O–H groups in total. The standard InChI is InChI=1S/C14H26N2O/c1-16(10-11-5-2-3-6-11)14(17)12-7-4-8-13(15)9-12/h11-13H,2-10,15H2,1H3. The fourth-order valence-electron chi connectivity index (χ4n) is 3.43. The molecule has 0 bridgehead atoms. The lowest BCUT2D eigenvalue weighted by Gasteiger charge is -2.30. The van der Waals surface area contributed by atoms with Crippen LogP contribution in [-0.4, -0.2) is 30.4 Å². The number of carbonyl (C=O) groups excluding carboxylic acids is 1. The van der Waals surface area contributed by atoms with Crippen molar-refractivity contribution in [2.45, 2.75) is 57.4 Å². The molecule has 2 aliphatic carbocycles. The van der Waals surface area contributed by atoms with E-state index in [1.54, 1.807) is 0 Å². The van der Waals surface area contributed by atoms with Crippen molar-refractivity contribution >= 4 is 5.91 Å². The summed E-state index contributed by atoms with van der Waals surface area (Å²) in [7, 11) is 1.97. The molecule has 2 saturated carbocycles. The lowest BCUT2D eigenvalue weighted by molar-refractivity contribution is -0.135. The van der Waals surface area contributed by atoms with E-state index in [0.717, 1.165) is 38.1 Å². The van der Waals surface area contributed by atoms with Crippen molar-refractivity contribution in [3.8, 4) is 0 Å². The first-order valence-electron chi connectivity index (χ1n) is 7.17. The quantitative estimate of drug-likeness (QED) is 0.819. The van der Waals surface area contributed by atoms with Gasteiger partial charge in [-0.3, -0.25) is 4.79 Å². The molecule has 0 heterocycles. The Morgan fingerprint density at radius 2 is 1.88 bits per heavy atom. The summed E-state index contributed by atoms with van der Waals surface area (Å²) in [6, 6.07) is 0.248. The average molecular weight is 238 g/mol. The van der Waals surface area contributed by atoms with E-state index < -0.39 is 0 Å². The van der Waals surface area contributed by atoms with Gasteiger partial charge in [-0.15, -0.1) is 0 Å². The average Bonchev–Trinajstić information content (AvgIpc) is 2.80. The highest BCUT2D eigenvalue weighted by molar-refractivity contribution is 5.78. The number of nitrogens with zero attached hydrogens (tertiary/aromatic N) is 1. The van der Waals surface area contributed by atoms with Gasteiger partial charge in [0.1, 0.15) is 0 Å². The van der Waals surface area contributed by atoms with Gasteiger partial charge in [0.05, 0.1) is 0 Å². The van der Waals surface area contributed by atoms with Crippen LogP contribution in [-0.2, 0) is 4.79 Å². The van der Waals surface area contributed by atoms with E-state index in [9.17, 15) is 4.79 Å². The first kappa shape index (κ1) is 12.9. The summed E-state index contributed by atoms with van der Waals surface area (Å²) in [5, 5.41) is 0. The highest BCUT2D eigenvalue weighted by Gasteiger charge is 2.28. The third-order valence-electron chi connectivity index (χ3n) is 4.45. The van der Waals surface area contributed by atoms with Crippen LogP contribution in [0.2, 0.25) is 0 Å². The molecule has 1 amide bonds. The van der Waals surface area contributed by atoms with Crippen molar-refractivity contribution in [1.29, 1.82) is 0 Å². The number of nitrogens with two attached hydrogens (primary N) is 1. The molecule has 2 rings (SSSR count).